The van der Waals surface area contributed by atoms with E-state index in [0.717, 1.165) is 19.1 Å². The van der Waals surface area contributed by atoms with E-state index in [9.17, 15) is 0 Å². The summed E-state index contributed by atoms with van der Waals surface area (Å²) in [5, 5.41) is 0. The lowest BCUT2D eigenvalue weighted by Gasteiger charge is -2.49. The monoisotopic (exact) mass is 284 g/mol. The molecule has 0 aliphatic heterocycles. The Balaban J connectivity index is 2.71. The van der Waals surface area contributed by atoms with Crippen molar-refractivity contribution >= 4 is 0 Å². The third-order valence-electron chi connectivity index (χ3n) is 5.97. The minimum Gasteiger partial charge on any atom is -0.383 e. The van der Waals surface area contributed by atoms with Gasteiger partial charge in [-0.2, -0.15) is 0 Å². The SMILES string of the molecule is CCC(C)N(CCOC)CC1CCC(N)C(C)C1(C)C. The molecule has 3 nitrogen and oxygen atoms in total. The highest BCUT2D eigenvalue weighted by atomic mass is 16.5. The molecule has 0 bridgehead atoms. The lowest BCUT2D eigenvalue weighted by Crippen LogP contribution is -2.51. The number of hydrogen-bond donors (Lipinski definition) is 1. The van der Waals surface area contributed by atoms with Crippen molar-refractivity contribution in [1.82, 2.24) is 4.90 Å². The minimum absolute atomic E-state index is 0.330. The van der Waals surface area contributed by atoms with Crippen LogP contribution in [0.2, 0.25) is 0 Å². The molecule has 4 unspecified atom stereocenters. The lowest BCUT2D eigenvalue weighted by molar-refractivity contribution is 0.0129. The second-order valence-electron chi connectivity index (χ2n) is 7.29. The molecule has 1 fully saturated rings. The molecule has 0 radical (unpaired) electrons. The number of nitrogens with zero attached hydrogens (tertiary/aromatic N) is 1. The summed E-state index contributed by atoms with van der Waals surface area (Å²) in [6.45, 7) is 14.8. The predicted octanol–water partition coefficient (Wildman–Crippen LogP) is 3.13. The van der Waals surface area contributed by atoms with Crippen LogP contribution < -0.4 is 5.73 Å². The van der Waals surface area contributed by atoms with Crippen molar-refractivity contribution in [2.75, 3.05) is 26.8 Å². The molecule has 120 valence electrons. The number of hydrogen-bond acceptors (Lipinski definition) is 3. The van der Waals surface area contributed by atoms with Crippen molar-refractivity contribution < 1.29 is 4.74 Å². The van der Waals surface area contributed by atoms with Crippen LogP contribution in [0.3, 0.4) is 0 Å². The molecule has 0 amide bonds. The fourth-order valence-electron chi connectivity index (χ4n) is 3.51. The second kappa shape index (κ2) is 7.77. The molecule has 0 aromatic carbocycles. The molecule has 3 heteroatoms. The maximum Gasteiger partial charge on any atom is 0.0589 e. The summed E-state index contributed by atoms with van der Waals surface area (Å²) in [6, 6.07) is 1.00. The van der Waals surface area contributed by atoms with E-state index in [2.05, 4.69) is 39.5 Å². The van der Waals surface area contributed by atoms with E-state index in [-0.39, 0.29) is 0 Å². The molecule has 0 saturated heterocycles. The lowest BCUT2D eigenvalue weighted by atomic mass is 9.61. The quantitative estimate of drug-likeness (QED) is 0.780. The van der Waals surface area contributed by atoms with Gasteiger partial charge in [-0.1, -0.05) is 27.7 Å². The standard InChI is InChI=1S/C17H36N2O/c1-7-13(2)19(10-11-20-6)12-15-8-9-16(18)14(3)17(15,4)5/h13-16H,7-12,18H2,1-6H3. The van der Waals surface area contributed by atoms with Gasteiger partial charge in [0.2, 0.25) is 0 Å². The Labute approximate surface area is 126 Å². The van der Waals surface area contributed by atoms with Crippen LogP contribution in [-0.4, -0.2) is 43.8 Å². The molecule has 0 aromatic heterocycles. The zero-order valence-electron chi connectivity index (χ0n) is 14.5. The molecule has 0 heterocycles. The number of methoxy groups -OCH3 is 1. The van der Waals surface area contributed by atoms with Gasteiger partial charge in [-0.25, -0.2) is 0 Å². The van der Waals surface area contributed by atoms with Crippen molar-refractivity contribution in [3.63, 3.8) is 0 Å². The summed E-state index contributed by atoms with van der Waals surface area (Å²) in [5.74, 6) is 1.34. The maximum absolute atomic E-state index is 6.28. The van der Waals surface area contributed by atoms with E-state index in [1.165, 1.54) is 25.8 Å². The van der Waals surface area contributed by atoms with Crippen LogP contribution in [0.25, 0.3) is 0 Å². The second-order valence-corrected chi connectivity index (χ2v) is 7.29. The van der Waals surface area contributed by atoms with Crippen LogP contribution >= 0.6 is 0 Å². The third kappa shape index (κ3) is 4.19. The first kappa shape index (κ1) is 17.9. The summed E-state index contributed by atoms with van der Waals surface area (Å²) >= 11 is 0. The van der Waals surface area contributed by atoms with E-state index in [0.29, 0.717) is 23.4 Å². The van der Waals surface area contributed by atoms with Gasteiger partial charge in [-0.3, -0.25) is 4.90 Å². The molecule has 1 aliphatic carbocycles. The molecule has 1 aliphatic rings. The molecule has 0 aromatic rings. The van der Waals surface area contributed by atoms with Crippen LogP contribution in [-0.2, 0) is 4.74 Å². The van der Waals surface area contributed by atoms with Crippen LogP contribution in [0.5, 0.6) is 0 Å². The third-order valence-corrected chi connectivity index (χ3v) is 5.97. The van der Waals surface area contributed by atoms with Gasteiger partial charge in [-0.05, 0) is 43.4 Å². The number of nitrogens with two attached hydrogens (primary N) is 1. The Kier molecular flexibility index (Phi) is 6.96. The van der Waals surface area contributed by atoms with Crippen molar-refractivity contribution in [3.8, 4) is 0 Å². The van der Waals surface area contributed by atoms with Crippen LogP contribution in [0, 0.1) is 17.3 Å². The summed E-state index contributed by atoms with van der Waals surface area (Å²) in [4.78, 5) is 2.61. The summed E-state index contributed by atoms with van der Waals surface area (Å²) < 4.78 is 5.28. The maximum atomic E-state index is 6.28. The zero-order chi connectivity index (χ0) is 15.3. The topological polar surface area (TPSA) is 38.5 Å². The molecule has 20 heavy (non-hydrogen) atoms. The van der Waals surface area contributed by atoms with E-state index < -0.39 is 0 Å². The first-order valence-corrected chi connectivity index (χ1v) is 8.33. The summed E-state index contributed by atoms with van der Waals surface area (Å²) in [6.07, 6.45) is 3.64. The summed E-state index contributed by atoms with van der Waals surface area (Å²) in [7, 11) is 1.79. The number of ether oxygens (including phenoxy) is 1. The average molecular weight is 284 g/mol. The average Bonchev–Trinajstić information content (AvgIpc) is 2.42. The fourth-order valence-corrected chi connectivity index (χ4v) is 3.51. The molecular weight excluding hydrogens is 248 g/mol. The van der Waals surface area contributed by atoms with Gasteiger partial charge in [0.15, 0.2) is 0 Å². The number of rotatable bonds is 7. The molecule has 2 N–H and O–H groups in total. The minimum atomic E-state index is 0.330. The predicted molar refractivity (Wildman–Crippen MR) is 86.8 cm³/mol. The highest BCUT2D eigenvalue weighted by molar-refractivity contribution is 4.94. The van der Waals surface area contributed by atoms with Gasteiger partial charge < -0.3 is 10.5 Å². The molecule has 4 atom stereocenters. The Morgan fingerprint density at radius 2 is 2.00 bits per heavy atom. The molecule has 1 rings (SSSR count). The van der Waals surface area contributed by atoms with Gasteiger partial charge in [0.25, 0.3) is 0 Å². The van der Waals surface area contributed by atoms with Gasteiger partial charge in [0.1, 0.15) is 0 Å². The Morgan fingerprint density at radius 1 is 1.35 bits per heavy atom. The van der Waals surface area contributed by atoms with Gasteiger partial charge in [0.05, 0.1) is 6.61 Å². The van der Waals surface area contributed by atoms with Crippen molar-refractivity contribution in [2.24, 2.45) is 23.0 Å². The van der Waals surface area contributed by atoms with Crippen LogP contribution in [0.4, 0.5) is 0 Å². The Bertz CT molecular complexity index is 280. The zero-order valence-corrected chi connectivity index (χ0v) is 14.5. The normalized spacial score (nSPS) is 31.5. The smallest absolute Gasteiger partial charge is 0.0589 e. The molecular formula is C17H36N2O. The Morgan fingerprint density at radius 3 is 2.55 bits per heavy atom. The first-order chi connectivity index (χ1) is 9.34. The van der Waals surface area contributed by atoms with Gasteiger partial charge >= 0.3 is 0 Å². The highest BCUT2D eigenvalue weighted by Gasteiger charge is 2.42. The molecule has 1 saturated carbocycles. The summed E-state index contributed by atoms with van der Waals surface area (Å²) in [5.41, 5.74) is 6.61. The van der Waals surface area contributed by atoms with E-state index in [1.54, 1.807) is 7.11 Å². The van der Waals surface area contributed by atoms with Gasteiger partial charge in [-0.15, -0.1) is 0 Å². The van der Waals surface area contributed by atoms with E-state index in [1.807, 2.05) is 0 Å². The first-order valence-electron chi connectivity index (χ1n) is 8.33. The largest absolute Gasteiger partial charge is 0.383 e. The van der Waals surface area contributed by atoms with Crippen molar-refractivity contribution in [3.05, 3.63) is 0 Å². The fraction of sp³-hybridized carbons (Fsp3) is 1.00. The Hall–Kier alpha value is -0.120. The van der Waals surface area contributed by atoms with Crippen molar-refractivity contribution in [1.29, 1.82) is 0 Å². The van der Waals surface area contributed by atoms with Crippen LogP contribution in [0.15, 0.2) is 0 Å². The van der Waals surface area contributed by atoms with E-state index in [4.69, 9.17) is 10.5 Å². The van der Waals surface area contributed by atoms with Crippen molar-refractivity contribution in [2.45, 2.75) is 66.0 Å². The molecule has 0 spiro atoms. The van der Waals surface area contributed by atoms with Gasteiger partial charge in [0, 0.05) is 32.3 Å². The van der Waals surface area contributed by atoms with Crippen LogP contribution in [0.1, 0.15) is 53.9 Å². The van der Waals surface area contributed by atoms with E-state index >= 15 is 0 Å². The highest BCUT2D eigenvalue weighted by Crippen LogP contribution is 2.44.